The average molecular weight is 338 g/mol. The molecule has 0 aliphatic carbocycles. The molecule has 0 unspecified atom stereocenters. The number of thiophene rings is 1. The van der Waals surface area contributed by atoms with Crippen molar-refractivity contribution in [1.82, 2.24) is 10.3 Å². The number of aryl methyl sites for hydroxylation is 1. The minimum absolute atomic E-state index is 0.183. The number of nitrogens with one attached hydrogen (secondary N) is 1. The third-order valence-corrected chi connectivity index (χ3v) is 5.58. The van der Waals surface area contributed by atoms with Crippen LogP contribution in [-0.4, -0.2) is 10.9 Å². The lowest BCUT2D eigenvalue weighted by molar-refractivity contribution is 0.0956. The van der Waals surface area contributed by atoms with E-state index in [2.05, 4.69) is 10.3 Å². The van der Waals surface area contributed by atoms with Crippen LogP contribution in [0.1, 0.15) is 20.2 Å². The maximum atomic E-state index is 12.3. The number of halogens is 1. The number of hydrogen-bond acceptors (Lipinski definition) is 5. The molecule has 0 aliphatic heterocycles. The number of nitrogens with two attached hydrogens (primary N) is 1. The fraction of sp³-hybridized carbons (Fsp3) is 0.143. The summed E-state index contributed by atoms with van der Waals surface area (Å²) >= 11 is 9.03. The number of thiazole rings is 1. The number of carbonyl (C=O) groups is 1. The Morgan fingerprint density at radius 2 is 2.29 bits per heavy atom. The Labute approximate surface area is 134 Å². The number of carbonyl (C=O) groups excluding carboxylic acids is 1. The molecule has 3 rings (SSSR count). The second-order valence-corrected chi connectivity index (χ2v) is 6.90. The Balaban J connectivity index is 1.87. The van der Waals surface area contributed by atoms with Crippen LogP contribution in [0.2, 0.25) is 5.02 Å². The second kappa shape index (κ2) is 5.63. The van der Waals surface area contributed by atoms with Crippen LogP contribution in [0.3, 0.4) is 0 Å². The quantitative estimate of drug-likeness (QED) is 0.763. The van der Waals surface area contributed by atoms with Crippen LogP contribution < -0.4 is 11.1 Å². The SMILES string of the molecule is Cc1ncsc1CNC(=O)c1sc2cccc(Cl)c2c1N. The van der Waals surface area contributed by atoms with Crippen LogP contribution in [0.4, 0.5) is 5.69 Å². The van der Waals surface area contributed by atoms with Gasteiger partial charge in [-0.15, -0.1) is 22.7 Å². The van der Waals surface area contributed by atoms with E-state index in [1.165, 1.54) is 22.7 Å². The van der Waals surface area contributed by atoms with Crippen molar-refractivity contribution in [3.05, 3.63) is 44.2 Å². The zero-order valence-electron chi connectivity index (χ0n) is 11.1. The van der Waals surface area contributed by atoms with Gasteiger partial charge in [0.1, 0.15) is 4.88 Å². The van der Waals surface area contributed by atoms with E-state index in [1.807, 2.05) is 19.1 Å². The molecule has 2 aromatic heterocycles. The fourth-order valence-electron chi connectivity index (χ4n) is 2.03. The molecule has 3 aromatic rings. The first-order chi connectivity index (χ1) is 10.1. The van der Waals surface area contributed by atoms with Crippen LogP contribution in [0.5, 0.6) is 0 Å². The average Bonchev–Trinajstić information content (AvgIpc) is 3.01. The number of benzene rings is 1. The van der Waals surface area contributed by atoms with Gasteiger partial charge in [-0.25, -0.2) is 4.98 Å². The number of aromatic nitrogens is 1. The van der Waals surface area contributed by atoms with E-state index in [4.69, 9.17) is 17.3 Å². The summed E-state index contributed by atoms with van der Waals surface area (Å²) in [6.07, 6.45) is 0. The van der Waals surface area contributed by atoms with Crippen molar-refractivity contribution >= 4 is 56.0 Å². The largest absolute Gasteiger partial charge is 0.397 e. The lowest BCUT2D eigenvalue weighted by Gasteiger charge is -2.03. The van der Waals surface area contributed by atoms with Gasteiger partial charge in [0.25, 0.3) is 5.91 Å². The Morgan fingerprint density at radius 1 is 1.48 bits per heavy atom. The molecule has 0 aliphatic rings. The summed E-state index contributed by atoms with van der Waals surface area (Å²) in [4.78, 5) is 18.0. The van der Waals surface area contributed by atoms with Gasteiger partial charge in [0, 0.05) is 15.0 Å². The highest BCUT2D eigenvalue weighted by atomic mass is 35.5. The van der Waals surface area contributed by atoms with Gasteiger partial charge in [-0.1, -0.05) is 17.7 Å². The molecular weight excluding hydrogens is 326 g/mol. The van der Waals surface area contributed by atoms with Gasteiger partial charge in [-0.3, -0.25) is 4.79 Å². The third kappa shape index (κ3) is 2.62. The van der Waals surface area contributed by atoms with Crippen molar-refractivity contribution in [2.75, 3.05) is 5.73 Å². The molecule has 0 fully saturated rings. The maximum absolute atomic E-state index is 12.3. The van der Waals surface area contributed by atoms with Gasteiger partial charge < -0.3 is 11.1 Å². The molecule has 1 aromatic carbocycles. The predicted molar refractivity (Wildman–Crippen MR) is 89.3 cm³/mol. The number of nitrogen functional groups attached to an aromatic ring is 1. The summed E-state index contributed by atoms with van der Waals surface area (Å²) in [6, 6.07) is 5.53. The molecule has 0 saturated carbocycles. The molecule has 0 saturated heterocycles. The van der Waals surface area contributed by atoms with E-state index in [0.29, 0.717) is 22.1 Å². The predicted octanol–water partition coefficient (Wildman–Crippen LogP) is 3.83. The van der Waals surface area contributed by atoms with Gasteiger partial charge in [0.05, 0.1) is 28.5 Å². The van der Waals surface area contributed by atoms with Gasteiger partial charge >= 0.3 is 0 Å². The lowest BCUT2D eigenvalue weighted by Crippen LogP contribution is -2.22. The summed E-state index contributed by atoms with van der Waals surface area (Å²) in [5.74, 6) is -0.183. The highest BCUT2D eigenvalue weighted by Gasteiger charge is 2.18. The summed E-state index contributed by atoms with van der Waals surface area (Å²) in [6.45, 7) is 2.38. The molecule has 108 valence electrons. The first-order valence-electron chi connectivity index (χ1n) is 6.21. The van der Waals surface area contributed by atoms with Crippen LogP contribution in [0, 0.1) is 6.92 Å². The van der Waals surface area contributed by atoms with E-state index in [9.17, 15) is 4.79 Å². The number of hydrogen-bond donors (Lipinski definition) is 2. The topological polar surface area (TPSA) is 68.0 Å². The molecule has 7 heteroatoms. The first-order valence-corrected chi connectivity index (χ1v) is 8.29. The van der Waals surface area contributed by atoms with E-state index in [-0.39, 0.29) is 5.91 Å². The van der Waals surface area contributed by atoms with Crippen LogP contribution >= 0.6 is 34.3 Å². The third-order valence-electron chi connectivity index (χ3n) is 3.16. The van der Waals surface area contributed by atoms with Gasteiger partial charge in [-0.05, 0) is 19.1 Å². The highest BCUT2D eigenvalue weighted by Crippen LogP contribution is 2.37. The second-order valence-electron chi connectivity index (χ2n) is 4.50. The number of amides is 1. The van der Waals surface area contributed by atoms with Gasteiger partial charge in [0.15, 0.2) is 0 Å². The number of nitrogens with zero attached hydrogens (tertiary/aromatic N) is 1. The van der Waals surface area contributed by atoms with Crippen molar-refractivity contribution in [3.63, 3.8) is 0 Å². The molecule has 0 atom stereocenters. The van der Waals surface area contributed by atoms with Crippen LogP contribution in [0.25, 0.3) is 10.1 Å². The molecule has 0 spiro atoms. The van der Waals surface area contributed by atoms with E-state index in [0.717, 1.165) is 20.7 Å². The molecular formula is C14H12ClN3OS2. The zero-order chi connectivity index (χ0) is 15.0. The molecule has 1 amide bonds. The molecule has 21 heavy (non-hydrogen) atoms. The number of rotatable bonds is 3. The minimum Gasteiger partial charge on any atom is -0.397 e. The molecule has 3 N–H and O–H groups in total. The maximum Gasteiger partial charge on any atom is 0.263 e. The van der Waals surface area contributed by atoms with E-state index < -0.39 is 0 Å². The minimum atomic E-state index is -0.183. The zero-order valence-corrected chi connectivity index (χ0v) is 13.5. The first kappa shape index (κ1) is 14.3. The van der Waals surface area contributed by atoms with E-state index in [1.54, 1.807) is 11.6 Å². The van der Waals surface area contributed by atoms with Crippen molar-refractivity contribution in [3.8, 4) is 0 Å². The number of anilines is 1. The van der Waals surface area contributed by atoms with Crippen molar-refractivity contribution in [2.24, 2.45) is 0 Å². The van der Waals surface area contributed by atoms with Crippen molar-refractivity contribution in [1.29, 1.82) is 0 Å². The Kier molecular flexibility index (Phi) is 3.84. The van der Waals surface area contributed by atoms with Gasteiger partial charge in [0.2, 0.25) is 0 Å². The molecule has 0 radical (unpaired) electrons. The van der Waals surface area contributed by atoms with Crippen molar-refractivity contribution in [2.45, 2.75) is 13.5 Å². The Bertz CT molecular complexity index is 825. The van der Waals surface area contributed by atoms with Crippen molar-refractivity contribution < 1.29 is 4.79 Å². The molecule has 4 nitrogen and oxygen atoms in total. The summed E-state index contributed by atoms with van der Waals surface area (Å²) < 4.78 is 0.916. The monoisotopic (exact) mass is 337 g/mol. The van der Waals surface area contributed by atoms with Gasteiger partial charge in [-0.2, -0.15) is 0 Å². The summed E-state index contributed by atoms with van der Waals surface area (Å²) in [7, 11) is 0. The Morgan fingerprint density at radius 3 is 2.95 bits per heavy atom. The smallest absolute Gasteiger partial charge is 0.263 e. The fourth-order valence-corrected chi connectivity index (χ4v) is 4.15. The summed E-state index contributed by atoms with van der Waals surface area (Å²) in [5.41, 5.74) is 9.22. The molecule has 0 bridgehead atoms. The normalized spacial score (nSPS) is 11.0. The van der Waals surface area contributed by atoms with Crippen LogP contribution in [0.15, 0.2) is 23.7 Å². The molecule has 2 heterocycles. The van der Waals surface area contributed by atoms with E-state index >= 15 is 0 Å². The Hall–Kier alpha value is -1.63. The standard InChI is InChI=1S/C14H12ClN3OS2/c1-7-10(20-6-18-7)5-17-14(19)13-12(16)11-8(15)3-2-4-9(11)21-13/h2-4,6H,5,16H2,1H3,(H,17,19). The summed E-state index contributed by atoms with van der Waals surface area (Å²) in [5, 5.41) is 4.20. The highest BCUT2D eigenvalue weighted by molar-refractivity contribution is 7.21. The lowest BCUT2D eigenvalue weighted by atomic mass is 10.2. The van der Waals surface area contributed by atoms with Crippen LogP contribution in [-0.2, 0) is 6.54 Å². The number of fused-ring (bicyclic) bond motifs is 1.